The van der Waals surface area contributed by atoms with Gasteiger partial charge in [-0.25, -0.2) is 4.98 Å². The fourth-order valence-corrected chi connectivity index (χ4v) is 7.01. The molecule has 0 radical (unpaired) electrons. The number of halogens is 1. The maximum atomic E-state index is 13.0. The number of anilines is 4. The van der Waals surface area contributed by atoms with Crippen LogP contribution in [0.25, 0.3) is 10.9 Å². The molecule has 2 saturated heterocycles. The first-order chi connectivity index (χ1) is 25.1. The number of carbonyl (C=O) groups excluding carboxylic acids is 4. The molecular formula is C36H38ClN9O6. The molecule has 2 aromatic carbocycles. The van der Waals surface area contributed by atoms with Crippen molar-refractivity contribution < 1.29 is 23.9 Å². The van der Waals surface area contributed by atoms with E-state index in [0.717, 1.165) is 49.1 Å². The van der Waals surface area contributed by atoms with Crippen molar-refractivity contribution in [3.8, 4) is 5.75 Å². The van der Waals surface area contributed by atoms with Gasteiger partial charge in [0.25, 0.3) is 17.4 Å². The van der Waals surface area contributed by atoms with Crippen molar-refractivity contribution in [2.45, 2.75) is 38.3 Å². The zero-order valence-corrected chi connectivity index (χ0v) is 29.5. The second-order valence-corrected chi connectivity index (χ2v) is 13.6. The minimum absolute atomic E-state index is 0.0684. The molecule has 4 aromatic rings. The Bertz CT molecular complexity index is 2150. The SMILES string of the molecule is CNC(=O)COc1cc2cc(Nc3nc(N4CCC(CNc5ccc6c(c5)CN(C5CCC(=O)NC5=O)C6=O)CC4)ncc3Cl)ccc2n(C)c1=O. The molecule has 7 rings (SSSR count). The van der Waals surface area contributed by atoms with Gasteiger partial charge >= 0.3 is 0 Å². The van der Waals surface area contributed by atoms with E-state index in [0.29, 0.717) is 52.4 Å². The summed E-state index contributed by atoms with van der Waals surface area (Å²) in [6, 6.07) is 12.1. The maximum absolute atomic E-state index is 13.0. The summed E-state index contributed by atoms with van der Waals surface area (Å²) in [6.45, 7) is 2.35. The third-order valence-electron chi connectivity index (χ3n) is 9.84. The number of nitrogens with one attached hydrogen (secondary N) is 4. The largest absolute Gasteiger partial charge is 0.478 e. The first kappa shape index (κ1) is 34.7. The fraction of sp³-hybridized carbons (Fsp3) is 0.361. The van der Waals surface area contributed by atoms with Crippen molar-refractivity contribution in [1.29, 1.82) is 0 Å². The van der Waals surface area contributed by atoms with Crippen LogP contribution in [-0.4, -0.2) is 82.4 Å². The molecule has 0 aliphatic carbocycles. The number of carbonyl (C=O) groups is 4. The highest BCUT2D eigenvalue weighted by molar-refractivity contribution is 6.33. The Morgan fingerprint density at radius 1 is 1.04 bits per heavy atom. The van der Waals surface area contributed by atoms with Gasteiger partial charge in [-0.15, -0.1) is 0 Å². The van der Waals surface area contributed by atoms with E-state index >= 15 is 0 Å². The van der Waals surface area contributed by atoms with Gasteiger partial charge in [0.05, 0.1) is 11.7 Å². The molecule has 0 saturated carbocycles. The molecule has 5 heterocycles. The number of amides is 4. The van der Waals surface area contributed by atoms with Gasteiger partial charge < -0.3 is 35.1 Å². The van der Waals surface area contributed by atoms with Crippen LogP contribution in [-0.2, 0) is 28.0 Å². The molecule has 3 aliphatic rings. The zero-order valence-electron chi connectivity index (χ0n) is 28.7. The number of rotatable bonds is 10. The van der Waals surface area contributed by atoms with Crippen molar-refractivity contribution in [2.24, 2.45) is 13.0 Å². The number of piperidine rings is 2. The quantitative estimate of drug-likeness (QED) is 0.177. The van der Waals surface area contributed by atoms with Crippen LogP contribution in [0.2, 0.25) is 5.02 Å². The minimum atomic E-state index is -0.635. The summed E-state index contributed by atoms with van der Waals surface area (Å²) in [7, 11) is 3.14. The van der Waals surface area contributed by atoms with Gasteiger partial charge in [0.15, 0.2) is 18.2 Å². The van der Waals surface area contributed by atoms with Gasteiger partial charge in [-0.3, -0.25) is 29.3 Å². The zero-order chi connectivity index (χ0) is 36.5. The van der Waals surface area contributed by atoms with Crippen molar-refractivity contribution in [2.75, 3.05) is 48.8 Å². The highest BCUT2D eigenvalue weighted by Crippen LogP contribution is 2.31. The van der Waals surface area contributed by atoms with Gasteiger partial charge in [0, 0.05) is 69.0 Å². The van der Waals surface area contributed by atoms with E-state index in [1.165, 1.54) is 11.6 Å². The van der Waals surface area contributed by atoms with E-state index in [2.05, 4.69) is 31.2 Å². The number of nitrogens with zero attached hydrogens (tertiary/aromatic N) is 5. The predicted molar refractivity (Wildman–Crippen MR) is 195 cm³/mol. The van der Waals surface area contributed by atoms with E-state index < -0.39 is 11.9 Å². The van der Waals surface area contributed by atoms with E-state index in [9.17, 15) is 24.0 Å². The number of ether oxygens (including phenoxy) is 1. The molecule has 3 aliphatic heterocycles. The Labute approximate surface area is 303 Å². The maximum Gasteiger partial charge on any atom is 0.293 e. The molecular weight excluding hydrogens is 690 g/mol. The van der Waals surface area contributed by atoms with Crippen molar-refractivity contribution >= 4 is 69.3 Å². The molecule has 4 amide bonds. The summed E-state index contributed by atoms with van der Waals surface area (Å²) in [5, 5.41) is 12.7. The van der Waals surface area contributed by atoms with E-state index in [4.69, 9.17) is 21.3 Å². The predicted octanol–water partition coefficient (Wildman–Crippen LogP) is 2.94. The average molecular weight is 728 g/mol. The number of pyridine rings is 1. The van der Waals surface area contributed by atoms with Crippen molar-refractivity contribution in [3.05, 3.63) is 75.2 Å². The Morgan fingerprint density at radius 3 is 2.60 bits per heavy atom. The topological polar surface area (TPSA) is 180 Å². The molecule has 2 aromatic heterocycles. The molecule has 52 heavy (non-hydrogen) atoms. The number of hydrogen-bond acceptors (Lipinski definition) is 11. The molecule has 16 heteroatoms. The van der Waals surface area contributed by atoms with Gasteiger partial charge in [-0.1, -0.05) is 11.6 Å². The summed E-state index contributed by atoms with van der Waals surface area (Å²) >= 11 is 6.52. The number of benzene rings is 2. The van der Waals surface area contributed by atoms with Crippen LogP contribution in [0.5, 0.6) is 5.75 Å². The Hall–Kier alpha value is -5.70. The van der Waals surface area contributed by atoms with Crippen molar-refractivity contribution in [3.63, 3.8) is 0 Å². The van der Waals surface area contributed by atoms with E-state index in [-0.39, 0.29) is 42.1 Å². The molecule has 1 atom stereocenters. The lowest BCUT2D eigenvalue weighted by Gasteiger charge is -2.32. The highest BCUT2D eigenvalue weighted by Gasteiger charge is 2.39. The van der Waals surface area contributed by atoms with Crippen LogP contribution in [0.15, 0.2) is 53.5 Å². The second kappa shape index (κ2) is 14.5. The lowest BCUT2D eigenvalue weighted by molar-refractivity contribution is -0.137. The molecule has 0 spiro atoms. The summed E-state index contributed by atoms with van der Waals surface area (Å²) in [4.78, 5) is 74.3. The summed E-state index contributed by atoms with van der Waals surface area (Å²) in [5.74, 6) is 0.245. The Morgan fingerprint density at radius 2 is 1.83 bits per heavy atom. The minimum Gasteiger partial charge on any atom is -0.478 e. The van der Waals surface area contributed by atoms with Crippen LogP contribution in [0.3, 0.4) is 0 Å². The molecule has 270 valence electrons. The summed E-state index contributed by atoms with van der Waals surface area (Å²) in [6.07, 6.45) is 3.98. The first-order valence-electron chi connectivity index (χ1n) is 17.1. The average Bonchev–Trinajstić information content (AvgIpc) is 3.47. The van der Waals surface area contributed by atoms with E-state index in [1.807, 2.05) is 30.3 Å². The number of imide groups is 1. The molecule has 15 nitrogen and oxygen atoms in total. The molecule has 0 bridgehead atoms. The number of fused-ring (bicyclic) bond motifs is 2. The third kappa shape index (κ3) is 7.08. The second-order valence-electron chi connectivity index (χ2n) is 13.2. The van der Waals surface area contributed by atoms with Crippen LogP contribution in [0.4, 0.5) is 23.1 Å². The Balaban J connectivity index is 0.952. The third-order valence-corrected chi connectivity index (χ3v) is 10.1. The standard InChI is InChI=1S/C36H38ClN9O6/c1-38-31(48)19-52-29-15-21-13-24(4-6-27(21)44(2)35(29)51)41-32-26(37)17-40-36(43-32)45-11-9-20(10-12-45)16-39-23-3-5-25-22(14-23)18-46(34(25)50)28-7-8-30(47)42-33(28)49/h3-6,13-15,17,20,28,39H,7-12,16,18-19H2,1-2H3,(H,38,48)(H,40,41,43)(H,42,47,49). The smallest absolute Gasteiger partial charge is 0.293 e. The van der Waals surface area contributed by atoms with Crippen LogP contribution in [0, 0.1) is 5.92 Å². The van der Waals surface area contributed by atoms with Crippen LogP contribution in [0.1, 0.15) is 41.6 Å². The lowest BCUT2D eigenvalue weighted by Crippen LogP contribution is -2.52. The first-order valence-corrected chi connectivity index (χ1v) is 17.5. The molecule has 2 fully saturated rings. The highest BCUT2D eigenvalue weighted by atomic mass is 35.5. The van der Waals surface area contributed by atoms with Crippen LogP contribution >= 0.6 is 11.6 Å². The van der Waals surface area contributed by atoms with Gasteiger partial charge in [0.2, 0.25) is 17.8 Å². The molecule has 4 N–H and O–H groups in total. The van der Waals surface area contributed by atoms with E-state index in [1.54, 1.807) is 30.3 Å². The van der Waals surface area contributed by atoms with Gasteiger partial charge in [-0.2, -0.15) is 4.98 Å². The molecule has 1 unspecified atom stereocenters. The van der Waals surface area contributed by atoms with Crippen LogP contribution < -0.4 is 36.5 Å². The number of hydrogen-bond donors (Lipinski definition) is 4. The van der Waals surface area contributed by atoms with Gasteiger partial charge in [0.1, 0.15) is 11.1 Å². The monoisotopic (exact) mass is 727 g/mol. The summed E-state index contributed by atoms with van der Waals surface area (Å²) in [5.41, 5.74) is 3.41. The lowest BCUT2D eigenvalue weighted by atomic mass is 9.97. The normalized spacial score (nSPS) is 17.6. The van der Waals surface area contributed by atoms with Crippen molar-refractivity contribution in [1.82, 2.24) is 30.1 Å². The number of likely N-dealkylation sites (N-methyl/N-ethyl adjacent to an activating group) is 1. The Kier molecular flexibility index (Phi) is 9.69. The number of aryl methyl sites for hydroxylation is 1. The number of aromatic nitrogens is 3. The summed E-state index contributed by atoms with van der Waals surface area (Å²) < 4.78 is 6.95. The van der Waals surface area contributed by atoms with Gasteiger partial charge in [-0.05, 0) is 73.2 Å². The fourth-order valence-electron chi connectivity index (χ4n) is 6.87.